The van der Waals surface area contributed by atoms with Crippen molar-refractivity contribution in [3.05, 3.63) is 41.0 Å². The first-order valence-electron chi connectivity index (χ1n) is 4.35. The van der Waals surface area contributed by atoms with Crippen molar-refractivity contribution in [3.63, 3.8) is 0 Å². The van der Waals surface area contributed by atoms with Crippen LogP contribution in [-0.2, 0) is 0 Å². The highest BCUT2D eigenvalue weighted by molar-refractivity contribution is 9.09. The number of hydrogen-bond donors (Lipinski definition) is 0. The average Bonchev–Trinajstić information content (AvgIpc) is 2.23. The number of carbonyl (C=O) groups excluding carboxylic acids is 1. The third-order valence-corrected chi connectivity index (χ3v) is 2.27. The maximum Gasteiger partial charge on any atom is 0.153 e. The lowest BCUT2D eigenvalue weighted by molar-refractivity contribution is 0.111. The van der Waals surface area contributed by atoms with Crippen molar-refractivity contribution in [1.29, 1.82) is 0 Å². The molecule has 0 spiro atoms. The van der Waals surface area contributed by atoms with Gasteiger partial charge in [-0.2, -0.15) is 0 Å². The van der Waals surface area contributed by atoms with Crippen molar-refractivity contribution in [2.75, 3.05) is 5.33 Å². The standard InChI is InChI=1S/C11H9BrF2O/c12-4-2-1-3-8-5-11(14)9(7-15)6-10(8)13/h1,3,5-7H,2,4H2. The zero-order chi connectivity index (χ0) is 11.3. The van der Waals surface area contributed by atoms with Crippen molar-refractivity contribution in [1.82, 2.24) is 0 Å². The van der Waals surface area contributed by atoms with Crippen molar-refractivity contribution >= 4 is 28.3 Å². The summed E-state index contributed by atoms with van der Waals surface area (Å²) < 4.78 is 26.4. The molecule has 0 N–H and O–H groups in total. The van der Waals surface area contributed by atoms with E-state index in [9.17, 15) is 13.6 Å². The molecule has 0 heterocycles. The highest BCUT2D eigenvalue weighted by atomic mass is 79.9. The molecule has 0 fully saturated rings. The van der Waals surface area contributed by atoms with Gasteiger partial charge in [-0.15, -0.1) is 0 Å². The predicted molar refractivity (Wildman–Crippen MR) is 59.2 cm³/mol. The summed E-state index contributed by atoms with van der Waals surface area (Å²) in [6.45, 7) is 0. The Morgan fingerprint density at radius 3 is 2.40 bits per heavy atom. The molecule has 0 radical (unpaired) electrons. The normalized spacial score (nSPS) is 10.9. The maximum atomic E-state index is 13.3. The number of allylic oxidation sites excluding steroid dienone is 1. The second-order valence-electron chi connectivity index (χ2n) is 2.89. The molecule has 1 aromatic carbocycles. The molecular formula is C11H9BrF2O. The molecule has 0 aliphatic rings. The molecule has 0 aliphatic carbocycles. The predicted octanol–water partition coefficient (Wildman–Crippen LogP) is 3.58. The van der Waals surface area contributed by atoms with Gasteiger partial charge in [-0.25, -0.2) is 8.78 Å². The third-order valence-electron chi connectivity index (χ3n) is 1.82. The van der Waals surface area contributed by atoms with E-state index < -0.39 is 11.6 Å². The minimum Gasteiger partial charge on any atom is -0.298 e. The molecule has 0 atom stereocenters. The molecule has 0 saturated carbocycles. The fourth-order valence-corrected chi connectivity index (χ4v) is 1.33. The van der Waals surface area contributed by atoms with Crippen LogP contribution in [0.15, 0.2) is 18.2 Å². The van der Waals surface area contributed by atoms with E-state index in [2.05, 4.69) is 15.9 Å². The zero-order valence-electron chi connectivity index (χ0n) is 7.84. The lowest BCUT2D eigenvalue weighted by Crippen LogP contribution is -1.92. The van der Waals surface area contributed by atoms with E-state index >= 15 is 0 Å². The number of rotatable bonds is 4. The number of benzene rings is 1. The fraction of sp³-hybridized carbons (Fsp3) is 0.182. The summed E-state index contributed by atoms with van der Waals surface area (Å²) in [7, 11) is 0. The Bertz CT molecular complexity index is 388. The Labute approximate surface area is 94.9 Å². The number of halogens is 3. The monoisotopic (exact) mass is 274 g/mol. The highest BCUT2D eigenvalue weighted by Gasteiger charge is 2.06. The number of hydrogen-bond acceptors (Lipinski definition) is 1. The van der Waals surface area contributed by atoms with Crippen LogP contribution in [0.2, 0.25) is 0 Å². The summed E-state index contributed by atoms with van der Waals surface area (Å²) in [5.74, 6) is -1.30. The Hall–Kier alpha value is -1.03. The van der Waals surface area contributed by atoms with Gasteiger partial charge in [0.2, 0.25) is 0 Å². The molecule has 0 unspecified atom stereocenters. The van der Waals surface area contributed by atoms with Crippen LogP contribution in [0.5, 0.6) is 0 Å². The highest BCUT2D eigenvalue weighted by Crippen LogP contribution is 2.15. The molecule has 1 rings (SSSR count). The van der Waals surface area contributed by atoms with E-state index in [0.29, 0.717) is 6.29 Å². The Morgan fingerprint density at radius 2 is 1.80 bits per heavy atom. The third kappa shape index (κ3) is 3.23. The van der Waals surface area contributed by atoms with Crippen molar-refractivity contribution in [2.45, 2.75) is 6.42 Å². The topological polar surface area (TPSA) is 17.1 Å². The fourth-order valence-electron chi connectivity index (χ4n) is 1.07. The van der Waals surface area contributed by atoms with Crippen molar-refractivity contribution in [2.24, 2.45) is 0 Å². The summed E-state index contributed by atoms with van der Waals surface area (Å²) in [4.78, 5) is 10.3. The summed E-state index contributed by atoms with van der Waals surface area (Å²) >= 11 is 3.21. The first-order chi connectivity index (χ1) is 7.19. The van der Waals surface area contributed by atoms with E-state index in [0.717, 1.165) is 23.9 Å². The van der Waals surface area contributed by atoms with Gasteiger partial charge in [-0.3, -0.25) is 4.79 Å². The van der Waals surface area contributed by atoms with E-state index in [-0.39, 0.29) is 11.1 Å². The van der Waals surface area contributed by atoms with Crippen LogP contribution in [0.1, 0.15) is 22.3 Å². The molecule has 1 nitrogen and oxygen atoms in total. The minimum atomic E-state index is -0.704. The SMILES string of the molecule is O=Cc1cc(F)c(C=CCCBr)cc1F. The molecule has 4 heteroatoms. The molecule has 0 bridgehead atoms. The molecule has 80 valence electrons. The smallest absolute Gasteiger partial charge is 0.153 e. The largest absolute Gasteiger partial charge is 0.298 e. The maximum absolute atomic E-state index is 13.3. The van der Waals surface area contributed by atoms with Crippen LogP contribution in [0.25, 0.3) is 6.08 Å². The van der Waals surface area contributed by atoms with Crippen LogP contribution < -0.4 is 0 Å². The van der Waals surface area contributed by atoms with Gasteiger partial charge in [-0.1, -0.05) is 28.1 Å². The van der Waals surface area contributed by atoms with E-state index in [1.54, 1.807) is 6.08 Å². The van der Waals surface area contributed by atoms with Crippen LogP contribution in [0.3, 0.4) is 0 Å². The summed E-state index contributed by atoms with van der Waals surface area (Å²) in [6, 6.07) is 1.92. The molecule has 0 saturated heterocycles. The number of alkyl halides is 1. The van der Waals surface area contributed by atoms with E-state index in [4.69, 9.17) is 0 Å². The van der Waals surface area contributed by atoms with Crippen LogP contribution in [0.4, 0.5) is 8.78 Å². The first kappa shape index (κ1) is 12.0. The van der Waals surface area contributed by atoms with Gasteiger partial charge in [0, 0.05) is 10.9 Å². The van der Waals surface area contributed by atoms with Crippen LogP contribution in [0, 0.1) is 11.6 Å². The Balaban J connectivity index is 3.00. The average molecular weight is 275 g/mol. The molecule has 0 aromatic heterocycles. The second kappa shape index (κ2) is 5.75. The van der Waals surface area contributed by atoms with Gasteiger partial charge < -0.3 is 0 Å². The minimum absolute atomic E-state index is 0.152. The quantitative estimate of drug-likeness (QED) is 0.606. The molecular weight excluding hydrogens is 266 g/mol. The molecule has 0 amide bonds. The Kier molecular flexibility index (Phi) is 4.62. The van der Waals surface area contributed by atoms with Gasteiger partial charge >= 0.3 is 0 Å². The second-order valence-corrected chi connectivity index (χ2v) is 3.69. The molecule has 0 aliphatic heterocycles. The van der Waals surface area contributed by atoms with Crippen LogP contribution in [-0.4, -0.2) is 11.6 Å². The van der Waals surface area contributed by atoms with Crippen molar-refractivity contribution in [3.8, 4) is 0 Å². The van der Waals surface area contributed by atoms with E-state index in [1.165, 1.54) is 6.08 Å². The zero-order valence-corrected chi connectivity index (χ0v) is 9.43. The van der Waals surface area contributed by atoms with Gasteiger partial charge in [0.05, 0.1) is 5.56 Å². The summed E-state index contributed by atoms with van der Waals surface area (Å²) in [5.41, 5.74) is -0.107. The van der Waals surface area contributed by atoms with Crippen LogP contribution >= 0.6 is 15.9 Å². The molecule has 15 heavy (non-hydrogen) atoms. The van der Waals surface area contributed by atoms with Gasteiger partial charge in [0.25, 0.3) is 0 Å². The van der Waals surface area contributed by atoms with Gasteiger partial charge in [0.1, 0.15) is 11.6 Å². The summed E-state index contributed by atoms with van der Waals surface area (Å²) in [5, 5.41) is 0.764. The first-order valence-corrected chi connectivity index (χ1v) is 5.48. The number of aldehydes is 1. The van der Waals surface area contributed by atoms with Crippen molar-refractivity contribution < 1.29 is 13.6 Å². The Morgan fingerprint density at radius 1 is 1.20 bits per heavy atom. The van der Waals surface area contributed by atoms with Gasteiger partial charge in [0.15, 0.2) is 6.29 Å². The summed E-state index contributed by atoms with van der Waals surface area (Å²) in [6.07, 6.45) is 4.25. The lowest BCUT2D eigenvalue weighted by atomic mass is 10.1. The molecule has 1 aromatic rings. The van der Waals surface area contributed by atoms with Gasteiger partial charge in [-0.05, 0) is 18.6 Å². The number of carbonyl (C=O) groups is 1. The lowest BCUT2D eigenvalue weighted by Gasteiger charge is -1.99. The van der Waals surface area contributed by atoms with E-state index in [1.807, 2.05) is 0 Å².